The van der Waals surface area contributed by atoms with E-state index in [1.54, 1.807) is 25.4 Å². The quantitative estimate of drug-likeness (QED) is 0.559. The predicted octanol–water partition coefficient (Wildman–Crippen LogP) is 3.75. The third-order valence-corrected chi connectivity index (χ3v) is 3.88. The molecule has 0 radical (unpaired) electrons. The molecular weight excluding hydrogens is 360 g/mol. The number of Topliss-reactive ketones (excluding diaryl/α,β-unsaturated/α-hetero) is 1. The molecule has 1 aromatic carbocycles. The number of hydrogen-bond donors (Lipinski definition) is 1. The maximum atomic E-state index is 12.5. The maximum absolute atomic E-state index is 12.5. The van der Waals surface area contributed by atoms with Gasteiger partial charge in [-0.15, -0.1) is 0 Å². The van der Waals surface area contributed by atoms with Crippen LogP contribution in [0, 0.1) is 0 Å². The number of halogens is 1. The minimum Gasteiger partial charge on any atom is -0.451 e. The van der Waals surface area contributed by atoms with Crippen LogP contribution in [0.2, 0.25) is 0 Å². The summed E-state index contributed by atoms with van der Waals surface area (Å²) in [6.45, 7) is 1.56. The van der Waals surface area contributed by atoms with Crippen LogP contribution in [0.15, 0.2) is 53.4 Å². The number of esters is 1. The SMILES string of the molecule is C[C@@H](OC(=O)c1cncc(Br)c1)C(=O)c1c[nH]c2ccccc12. The van der Waals surface area contributed by atoms with Crippen molar-refractivity contribution in [2.75, 3.05) is 0 Å². The van der Waals surface area contributed by atoms with Crippen molar-refractivity contribution < 1.29 is 14.3 Å². The molecule has 0 unspecified atom stereocenters. The zero-order valence-electron chi connectivity index (χ0n) is 12.2. The van der Waals surface area contributed by atoms with Gasteiger partial charge < -0.3 is 9.72 Å². The van der Waals surface area contributed by atoms with Gasteiger partial charge in [0.2, 0.25) is 5.78 Å². The number of fused-ring (bicyclic) bond motifs is 1. The summed E-state index contributed by atoms with van der Waals surface area (Å²) in [5.41, 5.74) is 1.66. The van der Waals surface area contributed by atoms with Crippen molar-refractivity contribution in [3.8, 4) is 0 Å². The minimum absolute atomic E-state index is 0.251. The normalized spacial score (nSPS) is 12.1. The van der Waals surface area contributed by atoms with Gasteiger partial charge in [0, 0.05) is 39.5 Å². The zero-order valence-corrected chi connectivity index (χ0v) is 13.8. The van der Waals surface area contributed by atoms with Gasteiger partial charge in [-0.1, -0.05) is 18.2 Å². The Morgan fingerprint density at radius 2 is 2.04 bits per heavy atom. The number of ether oxygens (including phenoxy) is 1. The number of hydrogen-bond acceptors (Lipinski definition) is 4. The van der Waals surface area contributed by atoms with Gasteiger partial charge in [0.1, 0.15) is 0 Å². The summed E-state index contributed by atoms with van der Waals surface area (Å²) in [7, 11) is 0. The average molecular weight is 373 g/mol. The van der Waals surface area contributed by atoms with Crippen LogP contribution in [0.3, 0.4) is 0 Å². The van der Waals surface area contributed by atoms with E-state index in [0.29, 0.717) is 10.0 Å². The smallest absolute Gasteiger partial charge is 0.340 e. The molecule has 116 valence electrons. The highest BCUT2D eigenvalue weighted by molar-refractivity contribution is 9.10. The molecule has 0 aliphatic rings. The van der Waals surface area contributed by atoms with Crippen LogP contribution >= 0.6 is 15.9 Å². The summed E-state index contributed by atoms with van der Waals surface area (Å²) in [5.74, 6) is -0.835. The third-order valence-electron chi connectivity index (χ3n) is 3.45. The van der Waals surface area contributed by atoms with Crippen LogP contribution in [0.25, 0.3) is 10.9 Å². The molecule has 0 fully saturated rings. The van der Waals surface area contributed by atoms with E-state index in [4.69, 9.17) is 4.74 Å². The second-order valence-electron chi connectivity index (χ2n) is 5.05. The van der Waals surface area contributed by atoms with Gasteiger partial charge in [0.25, 0.3) is 0 Å². The lowest BCUT2D eigenvalue weighted by Crippen LogP contribution is -2.24. The first-order chi connectivity index (χ1) is 11.1. The fraction of sp³-hybridized carbons (Fsp3) is 0.118. The van der Waals surface area contributed by atoms with Crippen molar-refractivity contribution in [2.45, 2.75) is 13.0 Å². The molecule has 0 saturated heterocycles. The first kappa shape index (κ1) is 15.4. The number of para-hydroxylation sites is 1. The highest BCUT2D eigenvalue weighted by Crippen LogP contribution is 2.20. The fourth-order valence-corrected chi connectivity index (χ4v) is 2.66. The fourth-order valence-electron chi connectivity index (χ4n) is 2.30. The molecule has 0 amide bonds. The number of aromatic amines is 1. The van der Waals surface area contributed by atoms with Crippen LogP contribution in [0.5, 0.6) is 0 Å². The Bertz CT molecular complexity index is 888. The van der Waals surface area contributed by atoms with Gasteiger partial charge in [0.05, 0.1) is 5.56 Å². The van der Waals surface area contributed by atoms with Gasteiger partial charge in [-0.3, -0.25) is 9.78 Å². The number of carbonyl (C=O) groups excluding carboxylic acids is 2. The lowest BCUT2D eigenvalue weighted by atomic mass is 10.1. The summed E-state index contributed by atoms with van der Waals surface area (Å²) in [6.07, 6.45) is 3.71. The molecule has 23 heavy (non-hydrogen) atoms. The molecule has 6 heteroatoms. The standard InChI is InChI=1S/C17H13BrN2O3/c1-10(23-17(22)11-6-12(18)8-19-7-11)16(21)14-9-20-15-5-3-2-4-13(14)15/h2-10,20H,1H3/t10-/m1/s1. The van der Waals surface area contributed by atoms with E-state index in [0.717, 1.165) is 10.9 Å². The van der Waals surface area contributed by atoms with E-state index in [2.05, 4.69) is 25.9 Å². The maximum Gasteiger partial charge on any atom is 0.340 e. The van der Waals surface area contributed by atoms with Gasteiger partial charge in [-0.05, 0) is 35.0 Å². The monoisotopic (exact) mass is 372 g/mol. The molecule has 0 aliphatic carbocycles. The molecule has 3 aromatic rings. The third kappa shape index (κ3) is 3.17. The summed E-state index contributed by atoms with van der Waals surface area (Å²) >= 11 is 3.24. The lowest BCUT2D eigenvalue weighted by Gasteiger charge is -2.12. The van der Waals surface area contributed by atoms with Crippen molar-refractivity contribution in [1.29, 1.82) is 0 Å². The number of H-pyrrole nitrogens is 1. The highest BCUT2D eigenvalue weighted by atomic mass is 79.9. The molecule has 0 saturated carbocycles. The Balaban J connectivity index is 1.79. The van der Waals surface area contributed by atoms with E-state index >= 15 is 0 Å². The number of pyridine rings is 1. The Hall–Kier alpha value is -2.47. The second-order valence-corrected chi connectivity index (χ2v) is 5.97. The molecular formula is C17H13BrN2O3. The molecule has 3 rings (SSSR count). The van der Waals surface area contributed by atoms with E-state index in [9.17, 15) is 9.59 Å². The number of rotatable bonds is 4. The van der Waals surface area contributed by atoms with E-state index in [1.165, 1.54) is 6.20 Å². The predicted molar refractivity (Wildman–Crippen MR) is 89.4 cm³/mol. The summed E-state index contributed by atoms with van der Waals surface area (Å²) in [6, 6.07) is 9.08. The Morgan fingerprint density at radius 1 is 1.26 bits per heavy atom. The Morgan fingerprint density at radius 3 is 2.83 bits per heavy atom. The number of nitrogens with zero attached hydrogens (tertiary/aromatic N) is 1. The summed E-state index contributed by atoms with van der Waals surface area (Å²) in [4.78, 5) is 31.6. The van der Waals surface area contributed by atoms with Gasteiger partial charge in [-0.25, -0.2) is 4.79 Å². The van der Waals surface area contributed by atoms with Crippen LogP contribution in [-0.2, 0) is 4.74 Å². The van der Waals surface area contributed by atoms with E-state index < -0.39 is 12.1 Å². The van der Waals surface area contributed by atoms with E-state index in [-0.39, 0.29) is 11.3 Å². The second kappa shape index (κ2) is 6.34. The largest absolute Gasteiger partial charge is 0.451 e. The van der Waals surface area contributed by atoms with E-state index in [1.807, 2.05) is 24.3 Å². The zero-order chi connectivity index (χ0) is 16.4. The molecule has 5 nitrogen and oxygen atoms in total. The van der Waals surface area contributed by atoms with Crippen molar-refractivity contribution >= 4 is 38.6 Å². The van der Waals surface area contributed by atoms with Crippen LogP contribution < -0.4 is 0 Å². The average Bonchev–Trinajstić information content (AvgIpc) is 2.98. The van der Waals surface area contributed by atoms with Gasteiger partial charge in [0.15, 0.2) is 6.10 Å². The Kier molecular flexibility index (Phi) is 4.25. The number of nitrogens with one attached hydrogen (secondary N) is 1. The molecule has 1 atom stereocenters. The highest BCUT2D eigenvalue weighted by Gasteiger charge is 2.23. The first-order valence-electron chi connectivity index (χ1n) is 6.98. The van der Waals surface area contributed by atoms with Gasteiger partial charge in [-0.2, -0.15) is 0 Å². The van der Waals surface area contributed by atoms with Crippen LogP contribution in [-0.4, -0.2) is 27.8 Å². The minimum atomic E-state index is -0.888. The number of benzene rings is 1. The molecule has 1 N–H and O–H groups in total. The molecule has 2 aromatic heterocycles. The van der Waals surface area contributed by atoms with Crippen LogP contribution in [0.4, 0.5) is 0 Å². The number of carbonyl (C=O) groups is 2. The summed E-state index contributed by atoms with van der Waals surface area (Å²) in [5, 5.41) is 0.810. The molecule has 0 spiro atoms. The van der Waals surface area contributed by atoms with Gasteiger partial charge >= 0.3 is 5.97 Å². The molecule has 0 bridgehead atoms. The first-order valence-corrected chi connectivity index (χ1v) is 7.77. The van der Waals surface area contributed by atoms with Crippen molar-refractivity contribution in [3.63, 3.8) is 0 Å². The van der Waals surface area contributed by atoms with Crippen molar-refractivity contribution in [2.24, 2.45) is 0 Å². The number of ketones is 1. The van der Waals surface area contributed by atoms with Crippen molar-refractivity contribution in [3.05, 3.63) is 64.5 Å². The van der Waals surface area contributed by atoms with Crippen LogP contribution in [0.1, 0.15) is 27.6 Å². The topological polar surface area (TPSA) is 72.0 Å². The summed E-state index contributed by atoms with van der Waals surface area (Å²) < 4.78 is 5.93. The Labute approximate surface area is 140 Å². The lowest BCUT2D eigenvalue weighted by molar-refractivity contribution is 0.0319. The number of aromatic nitrogens is 2. The molecule has 0 aliphatic heterocycles. The molecule has 2 heterocycles. The van der Waals surface area contributed by atoms with Crippen molar-refractivity contribution in [1.82, 2.24) is 9.97 Å².